The maximum Gasteiger partial charge on any atom is 0.202 e. The molecule has 0 radical (unpaired) electrons. The molecule has 2 heterocycles. The van der Waals surface area contributed by atoms with Crippen molar-refractivity contribution in [1.82, 2.24) is 14.3 Å². The summed E-state index contributed by atoms with van der Waals surface area (Å²) in [5.41, 5.74) is 2.18. The first-order chi connectivity index (χ1) is 8.15. The number of hydrogen-bond acceptors (Lipinski definition) is 5. The molecule has 2 aromatic rings. The maximum atomic E-state index is 4.42. The fraction of sp³-hybridized carbons (Fsp3) is 0.417. The number of pyridine rings is 1. The largest absolute Gasteiger partial charge is 0.356 e. The molecule has 0 atom stereocenters. The van der Waals surface area contributed by atoms with Crippen LogP contribution in [0.2, 0.25) is 0 Å². The molecule has 4 nitrogen and oxygen atoms in total. The SMILES string of the molecule is Cc1ccc(CNc2nc(C(C)C)ns2)cn1. The molecule has 90 valence electrons. The van der Waals surface area contributed by atoms with Crippen molar-refractivity contribution in [2.75, 3.05) is 5.32 Å². The van der Waals surface area contributed by atoms with Gasteiger partial charge in [-0.15, -0.1) is 0 Å². The molecule has 17 heavy (non-hydrogen) atoms. The van der Waals surface area contributed by atoms with Crippen LogP contribution < -0.4 is 5.32 Å². The molecule has 0 amide bonds. The highest BCUT2D eigenvalue weighted by Gasteiger charge is 2.06. The highest BCUT2D eigenvalue weighted by molar-refractivity contribution is 7.09. The third kappa shape index (κ3) is 3.23. The summed E-state index contributed by atoms with van der Waals surface area (Å²) < 4.78 is 4.29. The smallest absolute Gasteiger partial charge is 0.202 e. The van der Waals surface area contributed by atoms with Gasteiger partial charge in [-0.05, 0) is 18.6 Å². The van der Waals surface area contributed by atoms with Gasteiger partial charge in [0.25, 0.3) is 0 Å². The van der Waals surface area contributed by atoms with Crippen molar-refractivity contribution in [3.05, 3.63) is 35.4 Å². The zero-order chi connectivity index (χ0) is 12.3. The Morgan fingerprint density at radius 3 is 2.76 bits per heavy atom. The Hall–Kier alpha value is -1.49. The normalized spacial score (nSPS) is 10.8. The lowest BCUT2D eigenvalue weighted by atomic mass is 10.2. The molecule has 0 fully saturated rings. The lowest BCUT2D eigenvalue weighted by Gasteiger charge is -2.02. The Morgan fingerprint density at radius 1 is 1.35 bits per heavy atom. The monoisotopic (exact) mass is 248 g/mol. The van der Waals surface area contributed by atoms with Crippen LogP contribution in [-0.2, 0) is 6.54 Å². The summed E-state index contributed by atoms with van der Waals surface area (Å²) in [6.45, 7) is 6.91. The maximum absolute atomic E-state index is 4.42. The predicted octanol–water partition coefficient (Wildman–Crippen LogP) is 2.98. The summed E-state index contributed by atoms with van der Waals surface area (Å²) in [6.07, 6.45) is 1.88. The fourth-order valence-corrected chi connectivity index (χ4v) is 2.02. The highest BCUT2D eigenvalue weighted by Crippen LogP contribution is 2.17. The Bertz CT molecular complexity index is 476. The number of aryl methyl sites for hydroxylation is 1. The summed E-state index contributed by atoms with van der Waals surface area (Å²) in [6, 6.07) is 4.08. The van der Waals surface area contributed by atoms with E-state index in [1.165, 1.54) is 11.5 Å². The van der Waals surface area contributed by atoms with Gasteiger partial charge in [0.15, 0.2) is 0 Å². The summed E-state index contributed by atoms with van der Waals surface area (Å²) in [4.78, 5) is 8.67. The van der Waals surface area contributed by atoms with E-state index in [1.807, 2.05) is 19.2 Å². The van der Waals surface area contributed by atoms with Gasteiger partial charge in [-0.25, -0.2) is 4.98 Å². The topological polar surface area (TPSA) is 50.7 Å². The molecule has 0 aromatic carbocycles. The third-order valence-corrected chi connectivity index (χ3v) is 3.06. The standard InChI is InChI=1S/C12H16N4S/c1-8(2)11-15-12(17-16-11)14-7-10-5-4-9(3)13-6-10/h4-6,8H,7H2,1-3H3,(H,14,15,16). The average molecular weight is 248 g/mol. The second kappa shape index (κ2) is 5.23. The molecule has 0 aliphatic heterocycles. The third-order valence-electron chi connectivity index (χ3n) is 2.37. The van der Waals surface area contributed by atoms with Gasteiger partial charge in [0.2, 0.25) is 5.13 Å². The van der Waals surface area contributed by atoms with Crippen molar-refractivity contribution in [3.8, 4) is 0 Å². The molecule has 0 aliphatic carbocycles. The van der Waals surface area contributed by atoms with Crippen LogP contribution in [-0.4, -0.2) is 14.3 Å². The van der Waals surface area contributed by atoms with Crippen LogP contribution in [0.25, 0.3) is 0 Å². The number of nitrogens with one attached hydrogen (secondary N) is 1. The highest BCUT2D eigenvalue weighted by atomic mass is 32.1. The van der Waals surface area contributed by atoms with Crippen LogP contribution in [0.4, 0.5) is 5.13 Å². The Morgan fingerprint density at radius 2 is 2.18 bits per heavy atom. The minimum absolute atomic E-state index is 0.378. The average Bonchev–Trinajstić information content (AvgIpc) is 2.77. The van der Waals surface area contributed by atoms with E-state index in [-0.39, 0.29) is 0 Å². The van der Waals surface area contributed by atoms with Gasteiger partial charge in [-0.2, -0.15) is 4.37 Å². The number of hydrogen-bond donors (Lipinski definition) is 1. The van der Waals surface area contributed by atoms with Gasteiger partial charge in [0.1, 0.15) is 5.82 Å². The van der Waals surface area contributed by atoms with Crippen LogP contribution in [0.5, 0.6) is 0 Å². The minimum atomic E-state index is 0.378. The first-order valence-electron chi connectivity index (χ1n) is 5.64. The summed E-state index contributed by atoms with van der Waals surface area (Å²) in [5.74, 6) is 1.28. The molecular formula is C12H16N4S. The number of rotatable bonds is 4. The van der Waals surface area contributed by atoms with Crippen molar-refractivity contribution < 1.29 is 0 Å². The van der Waals surface area contributed by atoms with E-state index in [1.54, 1.807) is 0 Å². The molecule has 5 heteroatoms. The van der Waals surface area contributed by atoms with E-state index in [0.29, 0.717) is 5.92 Å². The van der Waals surface area contributed by atoms with E-state index in [4.69, 9.17) is 0 Å². The molecular weight excluding hydrogens is 232 g/mol. The first-order valence-corrected chi connectivity index (χ1v) is 6.41. The number of nitrogens with zero attached hydrogens (tertiary/aromatic N) is 3. The van der Waals surface area contributed by atoms with E-state index >= 15 is 0 Å². The van der Waals surface area contributed by atoms with Crippen molar-refractivity contribution >= 4 is 16.7 Å². The summed E-state index contributed by atoms with van der Waals surface area (Å²) in [7, 11) is 0. The molecule has 0 spiro atoms. The van der Waals surface area contributed by atoms with Crippen LogP contribution in [0.1, 0.15) is 36.8 Å². The van der Waals surface area contributed by atoms with E-state index in [9.17, 15) is 0 Å². The molecule has 0 saturated carbocycles. The van der Waals surface area contributed by atoms with Gasteiger partial charge in [0, 0.05) is 35.9 Å². The second-order valence-electron chi connectivity index (χ2n) is 4.27. The molecule has 1 N–H and O–H groups in total. The molecule has 0 saturated heterocycles. The Labute approximate surface area is 105 Å². The predicted molar refractivity (Wildman–Crippen MR) is 70.3 cm³/mol. The van der Waals surface area contributed by atoms with Gasteiger partial charge in [-0.3, -0.25) is 4.98 Å². The van der Waals surface area contributed by atoms with Crippen LogP contribution >= 0.6 is 11.5 Å². The molecule has 0 aliphatic rings. The molecule has 0 bridgehead atoms. The Balaban J connectivity index is 1.95. The van der Waals surface area contributed by atoms with Crippen LogP contribution in [0.3, 0.4) is 0 Å². The van der Waals surface area contributed by atoms with Crippen molar-refractivity contribution in [1.29, 1.82) is 0 Å². The molecule has 0 unspecified atom stereocenters. The van der Waals surface area contributed by atoms with Gasteiger partial charge < -0.3 is 5.32 Å². The van der Waals surface area contributed by atoms with E-state index in [0.717, 1.165) is 28.8 Å². The van der Waals surface area contributed by atoms with Crippen molar-refractivity contribution in [3.63, 3.8) is 0 Å². The first kappa shape index (κ1) is 12.0. The van der Waals surface area contributed by atoms with E-state index < -0.39 is 0 Å². The zero-order valence-corrected chi connectivity index (χ0v) is 11.1. The van der Waals surface area contributed by atoms with Crippen molar-refractivity contribution in [2.45, 2.75) is 33.2 Å². The number of anilines is 1. The fourth-order valence-electron chi connectivity index (χ4n) is 1.32. The van der Waals surface area contributed by atoms with Crippen LogP contribution in [0, 0.1) is 6.92 Å². The van der Waals surface area contributed by atoms with E-state index in [2.05, 4.69) is 39.6 Å². The summed E-state index contributed by atoms with van der Waals surface area (Å²) in [5, 5.41) is 4.13. The Kier molecular flexibility index (Phi) is 3.68. The molecule has 2 rings (SSSR count). The lowest BCUT2D eigenvalue weighted by molar-refractivity contribution is 0.799. The van der Waals surface area contributed by atoms with Crippen molar-refractivity contribution in [2.24, 2.45) is 0 Å². The molecule has 2 aromatic heterocycles. The van der Waals surface area contributed by atoms with Gasteiger partial charge in [-0.1, -0.05) is 19.9 Å². The van der Waals surface area contributed by atoms with Crippen LogP contribution in [0.15, 0.2) is 18.3 Å². The quantitative estimate of drug-likeness (QED) is 0.903. The number of aromatic nitrogens is 3. The summed E-state index contributed by atoms with van der Waals surface area (Å²) >= 11 is 1.41. The van der Waals surface area contributed by atoms with Gasteiger partial charge >= 0.3 is 0 Å². The minimum Gasteiger partial charge on any atom is -0.356 e. The lowest BCUT2D eigenvalue weighted by Crippen LogP contribution is -2.00. The zero-order valence-electron chi connectivity index (χ0n) is 10.3. The van der Waals surface area contributed by atoms with Gasteiger partial charge in [0.05, 0.1) is 0 Å². The second-order valence-corrected chi connectivity index (χ2v) is 5.03.